The van der Waals surface area contributed by atoms with Gasteiger partial charge in [-0.3, -0.25) is 4.79 Å². The summed E-state index contributed by atoms with van der Waals surface area (Å²) in [6.45, 7) is 7.13. The van der Waals surface area contributed by atoms with Crippen molar-refractivity contribution in [1.29, 1.82) is 0 Å². The molecule has 0 atom stereocenters. The van der Waals surface area contributed by atoms with E-state index in [2.05, 4.69) is 10.5 Å². The van der Waals surface area contributed by atoms with Crippen molar-refractivity contribution >= 4 is 23.7 Å². The second-order valence-corrected chi connectivity index (χ2v) is 8.05. The van der Waals surface area contributed by atoms with E-state index in [1.54, 1.807) is 49.7 Å². The molecule has 0 aromatic heterocycles. The highest BCUT2D eigenvalue weighted by Gasteiger charge is 2.18. The second kappa shape index (κ2) is 14.0. The lowest BCUT2D eigenvalue weighted by Gasteiger charge is -2.16. The van der Waals surface area contributed by atoms with Crippen LogP contribution in [0.5, 0.6) is 28.7 Å². The van der Waals surface area contributed by atoms with Crippen LogP contribution in [-0.4, -0.2) is 39.1 Å². The molecular weight excluding hydrogens is 496 g/mol. The van der Waals surface area contributed by atoms with Crippen LogP contribution < -0.4 is 29.1 Å². The van der Waals surface area contributed by atoms with Crippen molar-refractivity contribution in [2.24, 2.45) is 5.10 Å². The van der Waals surface area contributed by atoms with Crippen molar-refractivity contribution in [3.63, 3.8) is 0 Å². The third kappa shape index (κ3) is 7.79. The summed E-state index contributed by atoms with van der Waals surface area (Å²) in [4.78, 5) is 12.8. The highest BCUT2D eigenvalue weighted by Crippen LogP contribution is 2.39. The van der Waals surface area contributed by atoms with Crippen LogP contribution in [0.2, 0.25) is 5.02 Å². The smallest absolute Gasteiger partial charge is 0.271 e. The highest BCUT2D eigenvalue weighted by atomic mass is 35.5. The summed E-state index contributed by atoms with van der Waals surface area (Å²) in [5, 5.41) is 4.76. The van der Waals surface area contributed by atoms with Crippen LogP contribution >= 0.6 is 11.6 Å². The van der Waals surface area contributed by atoms with Crippen LogP contribution in [0.4, 0.5) is 0 Å². The molecule has 1 amide bonds. The Labute approximate surface area is 222 Å². The molecule has 9 heteroatoms. The van der Waals surface area contributed by atoms with Gasteiger partial charge in [-0.2, -0.15) is 5.10 Å². The van der Waals surface area contributed by atoms with Gasteiger partial charge < -0.3 is 23.7 Å². The van der Waals surface area contributed by atoms with Crippen molar-refractivity contribution in [3.8, 4) is 28.7 Å². The predicted molar refractivity (Wildman–Crippen MR) is 144 cm³/mol. The minimum atomic E-state index is -0.416. The first-order valence-electron chi connectivity index (χ1n) is 11.9. The molecule has 0 unspecified atom stereocenters. The van der Waals surface area contributed by atoms with Gasteiger partial charge in [-0.25, -0.2) is 5.43 Å². The van der Waals surface area contributed by atoms with E-state index < -0.39 is 5.91 Å². The molecule has 0 aliphatic carbocycles. The average molecular weight is 527 g/mol. The number of rotatable bonds is 13. The van der Waals surface area contributed by atoms with Gasteiger partial charge in [0, 0.05) is 16.1 Å². The quantitative estimate of drug-likeness (QED) is 0.221. The van der Waals surface area contributed by atoms with E-state index >= 15 is 0 Å². The molecule has 0 spiro atoms. The lowest BCUT2D eigenvalue weighted by atomic mass is 10.1. The molecular formula is C28H31ClN2O6. The Morgan fingerprint density at radius 2 is 1.51 bits per heavy atom. The van der Waals surface area contributed by atoms with Crippen molar-refractivity contribution in [1.82, 2.24) is 5.43 Å². The molecule has 37 heavy (non-hydrogen) atoms. The van der Waals surface area contributed by atoms with Gasteiger partial charge in [-0.1, -0.05) is 11.6 Å². The van der Waals surface area contributed by atoms with Gasteiger partial charge in [0.25, 0.3) is 5.91 Å². The number of benzene rings is 3. The number of ether oxygens (including phenoxy) is 5. The number of carbonyl (C=O) groups excluding carboxylic acids is 1. The predicted octanol–water partition coefficient (Wildman–Crippen LogP) is 5.89. The fourth-order valence-electron chi connectivity index (χ4n) is 3.43. The molecule has 0 aliphatic rings. The van der Waals surface area contributed by atoms with Gasteiger partial charge in [0.05, 0.1) is 33.1 Å². The van der Waals surface area contributed by atoms with Crippen LogP contribution in [0, 0.1) is 0 Å². The van der Waals surface area contributed by atoms with E-state index in [1.165, 1.54) is 0 Å². The Balaban J connectivity index is 1.73. The van der Waals surface area contributed by atoms with Gasteiger partial charge in [0.2, 0.25) is 5.75 Å². The molecule has 0 fully saturated rings. The second-order valence-electron chi connectivity index (χ2n) is 7.61. The van der Waals surface area contributed by atoms with E-state index in [0.29, 0.717) is 59.2 Å². The Hall–Kier alpha value is -3.91. The van der Waals surface area contributed by atoms with E-state index in [9.17, 15) is 4.79 Å². The molecule has 0 radical (unpaired) electrons. The summed E-state index contributed by atoms with van der Waals surface area (Å²) in [5.74, 6) is 2.29. The maximum absolute atomic E-state index is 12.8. The number of methoxy groups -OCH3 is 1. The van der Waals surface area contributed by atoms with Crippen LogP contribution in [0.25, 0.3) is 0 Å². The molecule has 0 bridgehead atoms. The summed E-state index contributed by atoms with van der Waals surface area (Å²) in [7, 11) is 1.60. The van der Waals surface area contributed by atoms with Gasteiger partial charge in [0.15, 0.2) is 11.5 Å². The summed E-state index contributed by atoms with van der Waals surface area (Å²) >= 11 is 5.93. The van der Waals surface area contributed by atoms with Gasteiger partial charge >= 0.3 is 0 Å². The number of carbonyl (C=O) groups is 1. The summed E-state index contributed by atoms with van der Waals surface area (Å²) < 4.78 is 28.4. The molecule has 196 valence electrons. The molecule has 3 rings (SSSR count). The third-order valence-corrected chi connectivity index (χ3v) is 5.32. The van der Waals surface area contributed by atoms with E-state index in [0.717, 1.165) is 11.1 Å². The van der Waals surface area contributed by atoms with Crippen molar-refractivity contribution in [2.45, 2.75) is 27.4 Å². The number of hydrazone groups is 1. The monoisotopic (exact) mass is 526 g/mol. The number of amides is 1. The fraction of sp³-hybridized carbons (Fsp3) is 0.286. The highest BCUT2D eigenvalue weighted by molar-refractivity contribution is 6.30. The summed E-state index contributed by atoms with van der Waals surface area (Å²) in [6, 6.07) is 15.9. The van der Waals surface area contributed by atoms with Crippen molar-refractivity contribution in [2.75, 3.05) is 26.9 Å². The van der Waals surface area contributed by atoms with Gasteiger partial charge in [-0.15, -0.1) is 0 Å². The summed E-state index contributed by atoms with van der Waals surface area (Å²) in [6.07, 6.45) is 1.55. The Bertz CT molecular complexity index is 1190. The topological polar surface area (TPSA) is 87.6 Å². The van der Waals surface area contributed by atoms with E-state index in [1.807, 2.05) is 39.0 Å². The van der Waals surface area contributed by atoms with E-state index in [-0.39, 0.29) is 6.61 Å². The number of nitrogens with one attached hydrogen (secondary N) is 1. The number of hydrogen-bond acceptors (Lipinski definition) is 7. The lowest BCUT2D eigenvalue weighted by molar-refractivity contribution is 0.0954. The van der Waals surface area contributed by atoms with Crippen LogP contribution in [0.3, 0.4) is 0 Å². The summed E-state index contributed by atoms with van der Waals surface area (Å²) in [5.41, 5.74) is 4.46. The van der Waals surface area contributed by atoms with Crippen molar-refractivity contribution in [3.05, 3.63) is 76.3 Å². The maximum atomic E-state index is 12.8. The van der Waals surface area contributed by atoms with Crippen LogP contribution in [-0.2, 0) is 6.61 Å². The molecule has 1 N–H and O–H groups in total. The zero-order valence-corrected chi connectivity index (χ0v) is 22.1. The molecule has 0 saturated heterocycles. The van der Waals surface area contributed by atoms with E-state index in [4.69, 9.17) is 35.3 Å². The maximum Gasteiger partial charge on any atom is 0.271 e. The van der Waals surface area contributed by atoms with Crippen molar-refractivity contribution < 1.29 is 28.5 Å². The first kappa shape index (κ1) is 27.7. The van der Waals surface area contributed by atoms with Gasteiger partial charge in [-0.05, 0) is 80.9 Å². The third-order valence-electron chi connectivity index (χ3n) is 5.06. The van der Waals surface area contributed by atoms with Crippen LogP contribution in [0.1, 0.15) is 42.3 Å². The molecule has 0 saturated carbocycles. The first-order chi connectivity index (χ1) is 18.0. The number of hydrogen-bond donors (Lipinski definition) is 1. The molecule has 0 heterocycles. The number of halogens is 1. The number of nitrogens with zero attached hydrogens (tertiary/aromatic N) is 1. The zero-order chi connectivity index (χ0) is 26.6. The average Bonchev–Trinajstić information content (AvgIpc) is 2.90. The minimum absolute atomic E-state index is 0.283. The molecule has 3 aromatic rings. The Morgan fingerprint density at radius 1 is 0.865 bits per heavy atom. The van der Waals surface area contributed by atoms with Crippen LogP contribution in [0.15, 0.2) is 59.7 Å². The lowest BCUT2D eigenvalue weighted by Crippen LogP contribution is -2.18. The Morgan fingerprint density at radius 3 is 2.11 bits per heavy atom. The SMILES string of the molecule is CCOc1cc(C(=O)N/N=C/c2ccc(OC)c(COc3ccc(Cl)cc3)c2)cc(OCC)c1OCC. The first-order valence-corrected chi connectivity index (χ1v) is 12.3. The molecule has 8 nitrogen and oxygen atoms in total. The standard InChI is InChI=1S/C28H31ClN2O6/c1-5-34-25-15-20(16-26(35-6-2)27(25)36-7-3)28(32)31-30-17-19-8-13-24(33-4)21(14-19)18-37-23-11-9-22(29)10-12-23/h8-17H,5-7,18H2,1-4H3,(H,31,32)/b30-17+. The fourth-order valence-corrected chi connectivity index (χ4v) is 3.56. The minimum Gasteiger partial charge on any atom is -0.496 e. The van der Waals surface area contributed by atoms with Gasteiger partial charge in [0.1, 0.15) is 18.1 Å². The largest absolute Gasteiger partial charge is 0.496 e. The zero-order valence-electron chi connectivity index (χ0n) is 21.4. The molecule has 0 aliphatic heterocycles. The molecule has 3 aromatic carbocycles. The normalized spacial score (nSPS) is 10.7. The Kier molecular flexibility index (Phi) is 10.5.